The number of quaternary nitrogens is 1. The molecule has 9 nitrogen and oxygen atoms in total. The van der Waals surface area contributed by atoms with E-state index < -0.39 is 23.7 Å². The smallest absolute Gasteiger partial charge is 0.430 e. The van der Waals surface area contributed by atoms with E-state index in [1.54, 1.807) is 48.8 Å². The molecule has 0 aliphatic carbocycles. The molecule has 2 aromatic carbocycles. The molecule has 44 heavy (non-hydrogen) atoms. The average molecular weight is 614 g/mol. The zero-order valence-electron chi connectivity index (χ0n) is 23.9. The number of carbonyl (C=O) groups excluding carboxylic acids is 3. The highest BCUT2D eigenvalue weighted by molar-refractivity contribution is 5.93. The SMILES string of the molecule is O=C(NCCC[N+]12CCC(CC1)[C@@H](OC(=O)C(O)(c1ccccc1)c1ccccc1)C2)c1cccnc1.O=C([O-])C(F)(F)F. The molecule has 0 unspecified atom stereocenters. The number of hydrogen-bond donors (Lipinski definition) is 2. The summed E-state index contributed by atoms with van der Waals surface area (Å²) >= 11 is 0. The lowest BCUT2D eigenvalue weighted by atomic mass is 9.82. The van der Waals surface area contributed by atoms with E-state index >= 15 is 0 Å². The number of piperidine rings is 3. The molecule has 3 aliphatic rings. The van der Waals surface area contributed by atoms with Crippen molar-refractivity contribution < 1.29 is 47.0 Å². The minimum Gasteiger partial charge on any atom is -0.542 e. The van der Waals surface area contributed by atoms with Crippen molar-refractivity contribution in [2.75, 3.05) is 32.7 Å². The number of nitrogens with one attached hydrogen (secondary N) is 1. The molecule has 0 radical (unpaired) electrons. The summed E-state index contributed by atoms with van der Waals surface area (Å²) in [6.45, 7) is 4.35. The van der Waals surface area contributed by atoms with Gasteiger partial charge in [0.15, 0.2) is 6.10 Å². The molecule has 3 fully saturated rings. The predicted octanol–water partition coefficient (Wildman–Crippen LogP) is 2.59. The lowest BCUT2D eigenvalue weighted by Crippen LogP contribution is -2.65. The Morgan fingerprint density at radius 2 is 1.52 bits per heavy atom. The van der Waals surface area contributed by atoms with Gasteiger partial charge in [0.25, 0.3) is 5.91 Å². The number of ether oxygens (including phenoxy) is 1. The number of esters is 1. The van der Waals surface area contributed by atoms with E-state index in [9.17, 15) is 27.9 Å². The van der Waals surface area contributed by atoms with E-state index in [0.29, 0.717) is 29.2 Å². The molecule has 4 heterocycles. The fourth-order valence-electron chi connectivity index (χ4n) is 5.87. The number of aromatic nitrogens is 1. The summed E-state index contributed by atoms with van der Waals surface area (Å²) in [5.41, 5.74) is -0.304. The van der Waals surface area contributed by atoms with Gasteiger partial charge in [0.05, 0.1) is 25.2 Å². The number of carboxylic acid groups (broad SMARTS) is 1. The highest BCUT2D eigenvalue weighted by atomic mass is 19.4. The van der Waals surface area contributed by atoms with Crippen LogP contribution in [0.2, 0.25) is 0 Å². The first-order valence-corrected chi connectivity index (χ1v) is 14.3. The first kappa shape index (κ1) is 32.6. The van der Waals surface area contributed by atoms with Crippen LogP contribution in [0.3, 0.4) is 0 Å². The Labute approximate surface area is 252 Å². The van der Waals surface area contributed by atoms with Crippen LogP contribution in [0.15, 0.2) is 85.2 Å². The van der Waals surface area contributed by atoms with Gasteiger partial charge in [-0.05, 0) is 23.3 Å². The monoisotopic (exact) mass is 613 g/mol. The number of rotatable bonds is 9. The van der Waals surface area contributed by atoms with Gasteiger partial charge in [0, 0.05) is 44.1 Å². The average Bonchev–Trinajstić information content (AvgIpc) is 3.04. The van der Waals surface area contributed by atoms with Gasteiger partial charge < -0.3 is 29.5 Å². The fraction of sp³-hybridized carbons (Fsp3) is 0.375. The van der Waals surface area contributed by atoms with Gasteiger partial charge >= 0.3 is 12.1 Å². The number of carboxylic acids is 1. The number of hydrogen-bond acceptors (Lipinski definition) is 7. The van der Waals surface area contributed by atoms with Crippen molar-refractivity contribution in [1.82, 2.24) is 10.3 Å². The molecular weight excluding hydrogens is 579 g/mol. The molecule has 2 bridgehead atoms. The van der Waals surface area contributed by atoms with E-state index in [1.165, 1.54) is 0 Å². The molecule has 1 amide bonds. The predicted molar refractivity (Wildman–Crippen MR) is 150 cm³/mol. The lowest BCUT2D eigenvalue weighted by molar-refractivity contribution is -0.946. The van der Waals surface area contributed by atoms with Crippen LogP contribution in [-0.2, 0) is 19.9 Å². The zero-order chi connectivity index (χ0) is 31.8. The standard InChI is InChI=1S/C30H33N3O4.C2HF3O2/c34-28(24-9-7-16-31-21-24)32-17-8-18-33-19-14-23(15-20-33)27(22-33)37-29(35)30(36,25-10-3-1-4-11-25)26-12-5-2-6-13-26;3-2(4,5)1(6)7/h1-7,9-13,16,21,23,27,36H,8,14-15,17-20,22H2;(H,6,7)/t23?,27-,33?;/m0./s1. The van der Waals surface area contributed by atoms with Gasteiger partial charge in [0.1, 0.15) is 12.5 Å². The quantitative estimate of drug-likeness (QED) is 0.216. The minimum absolute atomic E-state index is 0.113. The molecule has 3 aliphatic heterocycles. The van der Waals surface area contributed by atoms with Crippen molar-refractivity contribution in [2.45, 2.75) is 37.1 Å². The van der Waals surface area contributed by atoms with Crippen LogP contribution in [0.5, 0.6) is 0 Å². The van der Waals surface area contributed by atoms with Crippen LogP contribution in [0.1, 0.15) is 40.7 Å². The molecule has 3 aromatic rings. The van der Waals surface area contributed by atoms with Gasteiger partial charge in [-0.2, -0.15) is 13.2 Å². The number of aliphatic hydroxyl groups is 1. The summed E-state index contributed by atoms with van der Waals surface area (Å²) in [6.07, 6.45) is 0.618. The second kappa shape index (κ2) is 14.0. The first-order chi connectivity index (χ1) is 20.9. The Morgan fingerprint density at radius 3 is 2.02 bits per heavy atom. The number of aliphatic carboxylic acids is 1. The third-order valence-corrected chi connectivity index (χ3v) is 8.23. The topological polar surface area (TPSA) is 129 Å². The highest BCUT2D eigenvalue weighted by Crippen LogP contribution is 2.38. The van der Waals surface area contributed by atoms with E-state index in [4.69, 9.17) is 14.6 Å². The number of halogens is 3. The highest BCUT2D eigenvalue weighted by Gasteiger charge is 2.50. The molecule has 6 rings (SSSR count). The summed E-state index contributed by atoms with van der Waals surface area (Å²) in [6, 6.07) is 21.6. The number of amides is 1. The maximum Gasteiger partial charge on any atom is 0.430 e. The van der Waals surface area contributed by atoms with Gasteiger partial charge in [-0.3, -0.25) is 9.78 Å². The van der Waals surface area contributed by atoms with E-state index in [2.05, 4.69) is 10.3 Å². The third-order valence-electron chi connectivity index (χ3n) is 8.23. The Bertz CT molecular complexity index is 1360. The van der Waals surface area contributed by atoms with Crippen LogP contribution >= 0.6 is 0 Å². The maximum absolute atomic E-state index is 13.7. The molecule has 3 saturated heterocycles. The summed E-state index contributed by atoms with van der Waals surface area (Å²) < 4.78 is 38.6. The van der Waals surface area contributed by atoms with Crippen LogP contribution in [0, 0.1) is 5.92 Å². The first-order valence-electron chi connectivity index (χ1n) is 14.3. The molecule has 234 valence electrons. The molecule has 12 heteroatoms. The van der Waals surface area contributed by atoms with Crippen LogP contribution in [-0.4, -0.2) is 77.4 Å². The maximum atomic E-state index is 13.7. The second-order valence-electron chi connectivity index (χ2n) is 11.1. The number of pyridine rings is 1. The molecular formula is C32H34F3N3O6. The summed E-state index contributed by atoms with van der Waals surface area (Å²) in [7, 11) is 0. The van der Waals surface area contributed by atoms with Crippen molar-refractivity contribution in [2.24, 2.45) is 5.92 Å². The Kier molecular flexibility index (Phi) is 10.4. The van der Waals surface area contributed by atoms with Crippen molar-refractivity contribution in [1.29, 1.82) is 0 Å². The number of benzene rings is 2. The Hall–Kier alpha value is -4.29. The van der Waals surface area contributed by atoms with E-state index in [1.807, 2.05) is 36.4 Å². The van der Waals surface area contributed by atoms with Crippen LogP contribution in [0.4, 0.5) is 13.2 Å². The lowest BCUT2D eigenvalue weighted by Gasteiger charge is -2.52. The summed E-state index contributed by atoms with van der Waals surface area (Å²) in [5, 5.41) is 23.6. The van der Waals surface area contributed by atoms with Crippen LogP contribution < -0.4 is 10.4 Å². The Morgan fingerprint density at radius 1 is 0.955 bits per heavy atom. The normalized spacial score (nSPS) is 21.0. The molecule has 0 spiro atoms. The minimum atomic E-state index is -5.19. The van der Waals surface area contributed by atoms with E-state index in [0.717, 1.165) is 49.9 Å². The number of nitrogens with zero attached hydrogens (tertiary/aromatic N) is 2. The van der Waals surface area contributed by atoms with E-state index in [-0.39, 0.29) is 12.0 Å². The van der Waals surface area contributed by atoms with Gasteiger partial charge in [-0.25, -0.2) is 4.79 Å². The number of fused-ring (bicyclic) bond motifs is 3. The van der Waals surface area contributed by atoms with Gasteiger partial charge in [-0.1, -0.05) is 60.7 Å². The summed E-state index contributed by atoms with van der Waals surface area (Å²) in [4.78, 5) is 38.8. The third kappa shape index (κ3) is 7.80. The Balaban J connectivity index is 0.000000566. The number of carbonyl (C=O) groups is 3. The van der Waals surface area contributed by atoms with Crippen LogP contribution in [0.25, 0.3) is 0 Å². The second-order valence-corrected chi connectivity index (χ2v) is 11.1. The fourth-order valence-corrected chi connectivity index (χ4v) is 5.87. The van der Waals surface area contributed by atoms with Crippen molar-refractivity contribution in [3.63, 3.8) is 0 Å². The molecule has 1 aromatic heterocycles. The van der Waals surface area contributed by atoms with Gasteiger partial charge in [0.2, 0.25) is 5.60 Å². The van der Waals surface area contributed by atoms with Gasteiger partial charge in [-0.15, -0.1) is 0 Å². The largest absolute Gasteiger partial charge is 0.542 e. The number of alkyl halides is 3. The van der Waals surface area contributed by atoms with Crippen molar-refractivity contribution in [3.05, 3.63) is 102 Å². The van der Waals surface area contributed by atoms with Crippen molar-refractivity contribution >= 4 is 17.8 Å². The molecule has 2 N–H and O–H groups in total. The molecule has 1 atom stereocenters. The summed E-state index contributed by atoms with van der Waals surface area (Å²) in [5.74, 6) is -3.43. The van der Waals surface area contributed by atoms with Crippen molar-refractivity contribution in [3.8, 4) is 0 Å². The molecule has 0 saturated carbocycles. The zero-order valence-corrected chi connectivity index (χ0v) is 23.9.